The Labute approximate surface area is 199 Å². The monoisotopic (exact) mass is 487 g/mol. The van der Waals surface area contributed by atoms with Gasteiger partial charge in [0.15, 0.2) is 11.5 Å². The summed E-state index contributed by atoms with van der Waals surface area (Å²) >= 11 is 0. The molecule has 2 aromatic rings. The Balaban J connectivity index is 1.17. The van der Waals surface area contributed by atoms with Crippen molar-refractivity contribution in [1.29, 1.82) is 0 Å². The van der Waals surface area contributed by atoms with Gasteiger partial charge in [-0.15, -0.1) is 0 Å². The van der Waals surface area contributed by atoms with Crippen molar-refractivity contribution in [3.05, 3.63) is 42.0 Å². The lowest BCUT2D eigenvalue weighted by Crippen LogP contribution is -2.25. The van der Waals surface area contributed by atoms with Crippen LogP contribution in [-0.4, -0.2) is 46.5 Å². The van der Waals surface area contributed by atoms with Gasteiger partial charge < -0.3 is 19.7 Å². The molecule has 182 valence electrons. The second kappa shape index (κ2) is 10.4. The number of hydrogen-bond acceptors (Lipinski definition) is 6. The molecule has 0 bridgehead atoms. The second-order valence-electron chi connectivity index (χ2n) is 8.33. The highest BCUT2D eigenvalue weighted by atomic mass is 32.2. The third kappa shape index (κ3) is 5.68. The highest BCUT2D eigenvalue weighted by Crippen LogP contribution is 2.32. The van der Waals surface area contributed by atoms with Gasteiger partial charge in [-0.1, -0.05) is 6.42 Å². The van der Waals surface area contributed by atoms with Crippen LogP contribution in [0.4, 0.5) is 11.4 Å². The number of nitrogens with zero attached hydrogens (tertiary/aromatic N) is 1. The van der Waals surface area contributed by atoms with Gasteiger partial charge in [0.1, 0.15) is 13.2 Å². The van der Waals surface area contributed by atoms with Gasteiger partial charge in [-0.3, -0.25) is 9.59 Å². The molecule has 2 heterocycles. The van der Waals surface area contributed by atoms with Crippen molar-refractivity contribution in [2.45, 2.75) is 43.9 Å². The summed E-state index contributed by atoms with van der Waals surface area (Å²) in [4.78, 5) is 25.8. The third-order valence-electron chi connectivity index (χ3n) is 5.84. The second-order valence-corrected chi connectivity index (χ2v) is 10.1. The molecular weight excluding hydrogens is 458 g/mol. The maximum absolute atomic E-state index is 12.5. The molecule has 2 aromatic carbocycles. The van der Waals surface area contributed by atoms with Crippen LogP contribution in [0, 0.1) is 0 Å². The van der Waals surface area contributed by atoms with Crippen LogP contribution in [0.5, 0.6) is 11.5 Å². The standard InChI is InChI=1S/C24H29N3O6S/c1-17(28)27-12-10-18-15-19(6-8-21(18)27)26-24(29)5-3-2-4-11-25-34(30,31)20-7-9-22-23(16-20)33-14-13-32-22/h6-9,15-16,25H,2-5,10-14H2,1H3,(H,26,29). The summed E-state index contributed by atoms with van der Waals surface area (Å²) in [5.41, 5.74) is 2.68. The van der Waals surface area contributed by atoms with E-state index in [9.17, 15) is 18.0 Å². The van der Waals surface area contributed by atoms with E-state index in [1.54, 1.807) is 17.9 Å². The first-order valence-corrected chi connectivity index (χ1v) is 12.9. The van der Waals surface area contributed by atoms with Crippen molar-refractivity contribution < 1.29 is 27.5 Å². The van der Waals surface area contributed by atoms with Gasteiger partial charge in [-0.05, 0) is 55.2 Å². The number of ether oxygens (including phenoxy) is 2. The van der Waals surface area contributed by atoms with Crippen LogP contribution in [0.2, 0.25) is 0 Å². The number of sulfonamides is 1. The number of anilines is 2. The first-order chi connectivity index (χ1) is 16.3. The van der Waals surface area contributed by atoms with Crippen molar-refractivity contribution >= 4 is 33.2 Å². The maximum atomic E-state index is 12.5. The van der Waals surface area contributed by atoms with Crippen LogP contribution < -0.4 is 24.4 Å². The van der Waals surface area contributed by atoms with E-state index in [1.165, 1.54) is 12.1 Å². The number of amides is 2. The van der Waals surface area contributed by atoms with Crippen LogP contribution in [-0.2, 0) is 26.0 Å². The lowest BCUT2D eigenvalue weighted by molar-refractivity contribution is -0.117. The topological polar surface area (TPSA) is 114 Å². The Morgan fingerprint density at radius 3 is 2.59 bits per heavy atom. The zero-order chi connectivity index (χ0) is 24.1. The van der Waals surface area contributed by atoms with E-state index in [4.69, 9.17) is 9.47 Å². The molecule has 10 heteroatoms. The summed E-state index contributed by atoms with van der Waals surface area (Å²) in [6, 6.07) is 10.2. The summed E-state index contributed by atoms with van der Waals surface area (Å²) in [6.45, 7) is 3.34. The van der Waals surface area contributed by atoms with Gasteiger partial charge in [-0.25, -0.2) is 13.1 Å². The van der Waals surface area contributed by atoms with Crippen LogP contribution in [0.3, 0.4) is 0 Å². The van der Waals surface area contributed by atoms with Crippen molar-refractivity contribution in [2.24, 2.45) is 0 Å². The van der Waals surface area contributed by atoms with E-state index in [1.807, 2.05) is 18.2 Å². The molecule has 0 aliphatic carbocycles. The molecule has 0 spiro atoms. The number of rotatable bonds is 9. The highest BCUT2D eigenvalue weighted by molar-refractivity contribution is 7.89. The summed E-state index contributed by atoms with van der Waals surface area (Å²) in [5, 5.41) is 2.90. The van der Waals surface area contributed by atoms with E-state index in [2.05, 4.69) is 10.0 Å². The average Bonchev–Trinajstić information content (AvgIpc) is 3.24. The number of unbranched alkanes of at least 4 members (excludes halogenated alkanes) is 2. The van der Waals surface area contributed by atoms with Gasteiger partial charge in [0.05, 0.1) is 4.90 Å². The molecule has 9 nitrogen and oxygen atoms in total. The molecule has 4 rings (SSSR count). The smallest absolute Gasteiger partial charge is 0.240 e. The van der Waals surface area contributed by atoms with Gasteiger partial charge in [-0.2, -0.15) is 0 Å². The Hall–Kier alpha value is -3.11. The summed E-state index contributed by atoms with van der Waals surface area (Å²) in [5.74, 6) is 0.906. The first kappa shape index (κ1) is 24.0. The largest absolute Gasteiger partial charge is 0.486 e. The zero-order valence-corrected chi connectivity index (χ0v) is 19.9. The van der Waals surface area contributed by atoms with Crippen LogP contribution >= 0.6 is 0 Å². The van der Waals surface area contributed by atoms with E-state index in [0.29, 0.717) is 50.5 Å². The maximum Gasteiger partial charge on any atom is 0.240 e. The Kier molecular flexibility index (Phi) is 7.38. The molecule has 0 fully saturated rings. The number of hydrogen-bond donors (Lipinski definition) is 2. The molecular formula is C24H29N3O6S. The predicted octanol–water partition coefficient (Wildman–Crippen LogP) is 2.84. The minimum Gasteiger partial charge on any atom is -0.486 e. The average molecular weight is 488 g/mol. The number of carbonyl (C=O) groups is 2. The molecule has 0 atom stereocenters. The number of benzene rings is 2. The minimum atomic E-state index is -3.64. The lowest BCUT2D eigenvalue weighted by Gasteiger charge is -2.18. The zero-order valence-electron chi connectivity index (χ0n) is 19.1. The van der Waals surface area contributed by atoms with Crippen molar-refractivity contribution in [3.8, 4) is 11.5 Å². The fraction of sp³-hybridized carbons (Fsp3) is 0.417. The summed E-state index contributed by atoms with van der Waals surface area (Å²) in [6.07, 6.45) is 3.12. The fourth-order valence-corrected chi connectivity index (χ4v) is 5.19. The van der Waals surface area contributed by atoms with Crippen molar-refractivity contribution in [1.82, 2.24) is 4.72 Å². The Morgan fingerprint density at radius 2 is 1.79 bits per heavy atom. The van der Waals surface area contributed by atoms with Crippen LogP contribution in [0.1, 0.15) is 38.2 Å². The molecule has 0 aromatic heterocycles. The normalized spacial score (nSPS) is 14.6. The Bertz CT molecular complexity index is 1180. The molecule has 2 aliphatic rings. The summed E-state index contributed by atoms with van der Waals surface area (Å²) in [7, 11) is -3.64. The fourth-order valence-electron chi connectivity index (χ4n) is 4.10. The van der Waals surface area contributed by atoms with Gasteiger partial charge in [0.25, 0.3) is 0 Å². The Morgan fingerprint density at radius 1 is 1.00 bits per heavy atom. The van der Waals surface area contributed by atoms with Crippen molar-refractivity contribution in [2.75, 3.05) is 36.5 Å². The quantitative estimate of drug-likeness (QED) is 0.526. The molecule has 0 saturated carbocycles. The predicted molar refractivity (Wildman–Crippen MR) is 128 cm³/mol. The summed E-state index contributed by atoms with van der Waals surface area (Å²) < 4.78 is 38.5. The van der Waals surface area contributed by atoms with Crippen molar-refractivity contribution in [3.63, 3.8) is 0 Å². The van der Waals surface area contributed by atoms with E-state index in [-0.39, 0.29) is 23.3 Å². The lowest BCUT2D eigenvalue weighted by atomic mass is 10.1. The molecule has 0 radical (unpaired) electrons. The minimum absolute atomic E-state index is 0.0177. The number of fused-ring (bicyclic) bond motifs is 2. The molecule has 34 heavy (non-hydrogen) atoms. The molecule has 0 saturated heterocycles. The molecule has 2 aliphatic heterocycles. The van der Waals surface area contributed by atoms with Gasteiger partial charge in [0.2, 0.25) is 21.8 Å². The highest BCUT2D eigenvalue weighted by Gasteiger charge is 2.22. The van der Waals surface area contributed by atoms with E-state index in [0.717, 1.165) is 29.8 Å². The van der Waals surface area contributed by atoms with E-state index >= 15 is 0 Å². The van der Waals surface area contributed by atoms with Crippen LogP contribution in [0.15, 0.2) is 41.3 Å². The first-order valence-electron chi connectivity index (χ1n) is 11.4. The third-order valence-corrected chi connectivity index (χ3v) is 7.29. The van der Waals surface area contributed by atoms with Gasteiger partial charge >= 0.3 is 0 Å². The molecule has 0 unspecified atom stereocenters. The number of nitrogens with one attached hydrogen (secondary N) is 2. The molecule has 2 N–H and O–H groups in total. The van der Waals surface area contributed by atoms with Gasteiger partial charge in [0, 0.05) is 43.9 Å². The SMILES string of the molecule is CC(=O)N1CCc2cc(NC(=O)CCCCCNS(=O)(=O)c3ccc4c(c3)OCCO4)ccc21. The van der Waals surface area contributed by atoms with E-state index < -0.39 is 10.0 Å². The van der Waals surface area contributed by atoms with Crippen LogP contribution in [0.25, 0.3) is 0 Å². The molecule has 2 amide bonds. The number of carbonyl (C=O) groups excluding carboxylic acids is 2.